The summed E-state index contributed by atoms with van der Waals surface area (Å²) in [5, 5.41) is 3.44. The van der Waals surface area contributed by atoms with Crippen LogP contribution in [0.1, 0.15) is 40.5 Å². The summed E-state index contributed by atoms with van der Waals surface area (Å²) in [6.45, 7) is 8.20. The molecule has 21 heavy (non-hydrogen) atoms. The van der Waals surface area contributed by atoms with Gasteiger partial charge >= 0.3 is 7.12 Å². The maximum atomic E-state index is 6.07. The van der Waals surface area contributed by atoms with Gasteiger partial charge in [0.15, 0.2) is 0 Å². The Bertz CT molecular complexity index is 528. The second kappa shape index (κ2) is 4.88. The monoisotopic (exact) mass is 290 g/mol. The van der Waals surface area contributed by atoms with Crippen LogP contribution in [0.3, 0.4) is 0 Å². The topological polar surface area (TPSA) is 52.6 Å². The fraction of sp³-hybridized carbons (Fsp3) is 0.667. The van der Waals surface area contributed by atoms with E-state index in [2.05, 4.69) is 10.3 Å². The van der Waals surface area contributed by atoms with E-state index in [4.69, 9.17) is 14.0 Å². The molecule has 0 amide bonds. The molecule has 114 valence electrons. The highest BCUT2D eigenvalue weighted by molar-refractivity contribution is 6.62. The van der Waals surface area contributed by atoms with E-state index in [1.807, 2.05) is 33.8 Å². The van der Waals surface area contributed by atoms with Gasteiger partial charge < -0.3 is 19.4 Å². The SMILES string of the molecule is COc1ncc(B2OC(C)(C)C(C)(C)O2)cc1NC1CC1. The van der Waals surface area contributed by atoms with Gasteiger partial charge in [-0.15, -0.1) is 0 Å². The van der Waals surface area contributed by atoms with Crippen LogP contribution in [0.25, 0.3) is 0 Å². The average Bonchev–Trinajstić information content (AvgIpc) is 3.17. The Morgan fingerprint density at radius 2 is 1.86 bits per heavy atom. The van der Waals surface area contributed by atoms with Crippen molar-refractivity contribution in [1.29, 1.82) is 0 Å². The molecule has 0 radical (unpaired) electrons. The van der Waals surface area contributed by atoms with E-state index in [1.165, 1.54) is 12.8 Å². The number of hydrogen-bond acceptors (Lipinski definition) is 5. The number of anilines is 1. The molecule has 2 fully saturated rings. The van der Waals surface area contributed by atoms with Gasteiger partial charge in [0.05, 0.1) is 24.0 Å². The first kappa shape index (κ1) is 14.7. The summed E-state index contributed by atoms with van der Waals surface area (Å²) >= 11 is 0. The Morgan fingerprint density at radius 3 is 2.38 bits per heavy atom. The van der Waals surface area contributed by atoms with E-state index < -0.39 is 7.12 Å². The lowest BCUT2D eigenvalue weighted by atomic mass is 9.80. The summed E-state index contributed by atoms with van der Waals surface area (Å²) in [4.78, 5) is 4.37. The number of methoxy groups -OCH3 is 1. The molecule has 2 aliphatic rings. The first-order chi connectivity index (χ1) is 9.82. The molecule has 1 N–H and O–H groups in total. The minimum atomic E-state index is -0.395. The zero-order valence-electron chi connectivity index (χ0n) is 13.4. The molecule has 0 aromatic carbocycles. The maximum Gasteiger partial charge on any atom is 0.496 e. The van der Waals surface area contributed by atoms with E-state index in [0.29, 0.717) is 11.9 Å². The second-order valence-electron chi connectivity index (χ2n) is 6.83. The Balaban J connectivity index is 1.86. The summed E-state index contributed by atoms with van der Waals surface area (Å²) in [6.07, 6.45) is 4.16. The lowest BCUT2D eigenvalue weighted by Crippen LogP contribution is -2.41. The Hall–Kier alpha value is -1.27. The van der Waals surface area contributed by atoms with Crippen LogP contribution < -0.4 is 15.5 Å². The summed E-state index contributed by atoms with van der Waals surface area (Å²) in [5.41, 5.74) is 1.13. The lowest BCUT2D eigenvalue weighted by Gasteiger charge is -2.32. The van der Waals surface area contributed by atoms with E-state index >= 15 is 0 Å². The number of hydrogen-bond donors (Lipinski definition) is 1. The molecule has 6 heteroatoms. The number of pyridine rings is 1. The van der Waals surface area contributed by atoms with Gasteiger partial charge in [-0.1, -0.05) is 0 Å². The molecular weight excluding hydrogens is 267 g/mol. The zero-order chi connectivity index (χ0) is 15.3. The molecule has 0 bridgehead atoms. The van der Waals surface area contributed by atoms with Crippen LogP contribution in [-0.2, 0) is 9.31 Å². The van der Waals surface area contributed by atoms with Gasteiger partial charge in [0.2, 0.25) is 5.88 Å². The molecule has 0 atom stereocenters. The van der Waals surface area contributed by atoms with Crippen molar-refractivity contribution in [2.24, 2.45) is 0 Å². The molecule has 1 aliphatic heterocycles. The van der Waals surface area contributed by atoms with Gasteiger partial charge in [0, 0.05) is 17.7 Å². The highest BCUT2D eigenvalue weighted by Crippen LogP contribution is 2.37. The largest absolute Gasteiger partial charge is 0.496 e. The third-order valence-corrected chi connectivity index (χ3v) is 4.53. The van der Waals surface area contributed by atoms with Crippen molar-refractivity contribution in [3.63, 3.8) is 0 Å². The second-order valence-corrected chi connectivity index (χ2v) is 6.83. The van der Waals surface area contributed by atoms with E-state index in [-0.39, 0.29) is 11.2 Å². The molecule has 0 unspecified atom stereocenters. The predicted molar refractivity (Wildman–Crippen MR) is 83.1 cm³/mol. The Labute approximate surface area is 126 Å². The predicted octanol–water partition coefficient (Wildman–Crippen LogP) is 1.96. The molecule has 1 aliphatic carbocycles. The zero-order valence-corrected chi connectivity index (χ0v) is 13.4. The van der Waals surface area contributed by atoms with Crippen molar-refractivity contribution < 1.29 is 14.0 Å². The quantitative estimate of drug-likeness (QED) is 0.859. The third-order valence-electron chi connectivity index (χ3n) is 4.53. The van der Waals surface area contributed by atoms with Gasteiger partial charge in [0.1, 0.15) is 0 Å². The standard InChI is InChI=1S/C15H23BN2O3/c1-14(2)15(3,4)21-16(20-14)10-8-12(18-11-6-7-11)13(19-5)17-9-10/h8-9,11,18H,6-7H2,1-5H3. The fourth-order valence-corrected chi connectivity index (χ4v) is 2.29. The lowest BCUT2D eigenvalue weighted by molar-refractivity contribution is 0.00578. The first-order valence-corrected chi connectivity index (χ1v) is 7.48. The van der Waals surface area contributed by atoms with Crippen molar-refractivity contribution in [3.05, 3.63) is 12.3 Å². The van der Waals surface area contributed by atoms with E-state index in [0.717, 1.165) is 11.2 Å². The molecule has 0 spiro atoms. The highest BCUT2D eigenvalue weighted by atomic mass is 16.7. The summed E-state index contributed by atoms with van der Waals surface area (Å²) in [7, 11) is 1.24. The minimum absolute atomic E-state index is 0.346. The molecule has 1 aromatic rings. The van der Waals surface area contributed by atoms with Crippen LogP contribution in [0, 0.1) is 0 Å². The highest BCUT2D eigenvalue weighted by Gasteiger charge is 2.52. The number of ether oxygens (including phenoxy) is 1. The van der Waals surface area contributed by atoms with E-state index in [9.17, 15) is 0 Å². The minimum Gasteiger partial charge on any atom is -0.480 e. The van der Waals surface area contributed by atoms with Gasteiger partial charge in [0.25, 0.3) is 0 Å². The summed E-state index contributed by atoms with van der Waals surface area (Å²) in [5.74, 6) is 0.613. The first-order valence-electron chi connectivity index (χ1n) is 7.48. The normalized spacial score (nSPS) is 23.2. The number of rotatable bonds is 4. The molecule has 1 saturated heterocycles. The van der Waals surface area contributed by atoms with Gasteiger partial charge in [-0.2, -0.15) is 0 Å². The van der Waals surface area contributed by atoms with Crippen LogP contribution >= 0.6 is 0 Å². The van der Waals surface area contributed by atoms with E-state index in [1.54, 1.807) is 13.3 Å². The molecule has 1 aromatic heterocycles. The van der Waals surface area contributed by atoms with Crippen LogP contribution in [-0.4, -0.2) is 36.5 Å². The third kappa shape index (κ3) is 2.74. The molecule has 5 nitrogen and oxygen atoms in total. The van der Waals surface area contributed by atoms with Gasteiger partial charge in [-0.25, -0.2) is 4.98 Å². The van der Waals surface area contributed by atoms with Gasteiger partial charge in [-0.05, 0) is 46.6 Å². The molecule has 3 rings (SSSR count). The molecular formula is C15H23BN2O3. The summed E-state index contributed by atoms with van der Waals surface area (Å²) in [6, 6.07) is 2.56. The van der Waals surface area contributed by atoms with Crippen LogP contribution in [0.5, 0.6) is 5.88 Å². The van der Waals surface area contributed by atoms with Crippen LogP contribution in [0.4, 0.5) is 5.69 Å². The Kier molecular flexibility index (Phi) is 3.41. The number of aromatic nitrogens is 1. The van der Waals surface area contributed by atoms with Crippen LogP contribution in [0.2, 0.25) is 0 Å². The molecule has 1 saturated carbocycles. The fourth-order valence-electron chi connectivity index (χ4n) is 2.29. The number of nitrogens with one attached hydrogen (secondary N) is 1. The summed E-state index contributed by atoms with van der Waals surface area (Å²) < 4.78 is 17.5. The Morgan fingerprint density at radius 1 is 1.24 bits per heavy atom. The van der Waals surface area contributed by atoms with Crippen LogP contribution in [0.15, 0.2) is 12.3 Å². The van der Waals surface area contributed by atoms with Gasteiger partial charge in [-0.3, -0.25) is 0 Å². The molecule has 2 heterocycles. The van der Waals surface area contributed by atoms with Crippen molar-refractivity contribution >= 4 is 18.3 Å². The van der Waals surface area contributed by atoms with Crippen molar-refractivity contribution in [3.8, 4) is 5.88 Å². The van der Waals surface area contributed by atoms with Crippen molar-refractivity contribution in [1.82, 2.24) is 4.98 Å². The number of nitrogens with zero attached hydrogens (tertiary/aromatic N) is 1. The van der Waals surface area contributed by atoms with Crippen molar-refractivity contribution in [2.45, 2.75) is 57.8 Å². The smallest absolute Gasteiger partial charge is 0.480 e. The maximum absolute atomic E-state index is 6.07. The average molecular weight is 290 g/mol. The van der Waals surface area contributed by atoms with Crippen molar-refractivity contribution in [2.75, 3.05) is 12.4 Å².